The summed E-state index contributed by atoms with van der Waals surface area (Å²) in [6.45, 7) is 1.99. The highest BCUT2D eigenvalue weighted by atomic mass is 15.3. The molecule has 0 radical (unpaired) electrons. The van der Waals surface area contributed by atoms with E-state index in [0.717, 1.165) is 28.9 Å². The summed E-state index contributed by atoms with van der Waals surface area (Å²) in [6.07, 6.45) is 2.56. The lowest BCUT2D eigenvalue weighted by Gasteiger charge is -2.13. The third kappa shape index (κ3) is 2.30. The molecule has 0 bridgehead atoms. The standard InChI is InChI=1S/C16H18N4/c1-11-9-13(20(2)19-11)10-15(17)16-14-6-4-3-5-12(14)7-8-18-16/h3-9,15H,10,17H2,1-2H3. The Kier molecular flexibility index (Phi) is 3.24. The van der Waals surface area contributed by atoms with E-state index in [0.29, 0.717) is 0 Å². The molecule has 2 N–H and O–H groups in total. The Morgan fingerprint density at radius 1 is 1.25 bits per heavy atom. The summed E-state index contributed by atoms with van der Waals surface area (Å²) in [4.78, 5) is 4.48. The van der Waals surface area contributed by atoms with E-state index in [4.69, 9.17) is 5.73 Å². The molecule has 4 heteroatoms. The molecule has 0 saturated heterocycles. The molecule has 2 heterocycles. The number of rotatable bonds is 3. The summed E-state index contributed by atoms with van der Waals surface area (Å²) in [5.41, 5.74) is 9.46. The van der Waals surface area contributed by atoms with Gasteiger partial charge in [-0.15, -0.1) is 0 Å². The molecule has 2 aromatic heterocycles. The largest absolute Gasteiger partial charge is 0.322 e. The first-order valence-electron chi connectivity index (χ1n) is 6.74. The average molecular weight is 266 g/mol. The summed E-state index contributed by atoms with van der Waals surface area (Å²) in [7, 11) is 1.95. The molecule has 0 aliphatic heterocycles. The van der Waals surface area contributed by atoms with Crippen molar-refractivity contribution in [3.63, 3.8) is 0 Å². The first kappa shape index (κ1) is 12.8. The van der Waals surface area contributed by atoms with Crippen molar-refractivity contribution < 1.29 is 0 Å². The summed E-state index contributed by atoms with van der Waals surface area (Å²) in [6, 6.07) is 12.2. The number of nitrogens with two attached hydrogens (primary N) is 1. The second-order valence-electron chi connectivity index (χ2n) is 5.13. The monoisotopic (exact) mass is 266 g/mol. The third-order valence-electron chi connectivity index (χ3n) is 3.58. The van der Waals surface area contributed by atoms with Gasteiger partial charge in [0.1, 0.15) is 0 Å². The number of aromatic nitrogens is 3. The van der Waals surface area contributed by atoms with Crippen LogP contribution in [0.4, 0.5) is 0 Å². The minimum Gasteiger partial charge on any atom is -0.322 e. The Morgan fingerprint density at radius 2 is 2.05 bits per heavy atom. The van der Waals surface area contributed by atoms with E-state index < -0.39 is 0 Å². The Labute approximate surface area is 118 Å². The molecule has 102 valence electrons. The van der Waals surface area contributed by atoms with Gasteiger partial charge in [0.05, 0.1) is 17.4 Å². The summed E-state index contributed by atoms with van der Waals surface area (Å²) in [5, 5.41) is 6.66. The van der Waals surface area contributed by atoms with E-state index in [1.54, 1.807) is 0 Å². The zero-order chi connectivity index (χ0) is 14.1. The molecular weight excluding hydrogens is 248 g/mol. The van der Waals surface area contributed by atoms with Crippen LogP contribution in [0.2, 0.25) is 0 Å². The van der Waals surface area contributed by atoms with E-state index in [1.165, 1.54) is 5.39 Å². The van der Waals surface area contributed by atoms with Crippen LogP contribution < -0.4 is 5.73 Å². The van der Waals surface area contributed by atoms with Crippen molar-refractivity contribution in [1.29, 1.82) is 0 Å². The summed E-state index contributed by atoms with van der Waals surface area (Å²) in [5.74, 6) is 0. The van der Waals surface area contributed by atoms with Gasteiger partial charge in [-0.05, 0) is 24.4 Å². The van der Waals surface area contributed by atoms with Gasteiger partial charge >= 0.3 is 0 Å². The second kappa shape index (κ2) is 5.06. The maximum absolute atomic E-state index is 6.37. The van der Waals surface area contributed by atoms with Crippen LogP contribution in [-0.2, 0) is 13.5 Å². The fourth-order valence-electron chi connectivity index (χ4n) is 2.62. The lowest BCUT2D eigenvalue weighted by Crippen LogP contribution is -2.17. The van der Waals surface area contributed by atoms with Gasteiger partial charge in [-0.1, -0.05) is 24.3 Å². The van der Waals surface area contributed by atoms with E-state index in [-0.39, 0.29) is 6.04 Å². The molecule has 4 nitrogen and oxygen atoms in total. The molecule has 0 fully saturated rings. The van der Waals surface area contributed by atoms with Gasteiger partial charge in [0.2, 0.25) is 0 Å². The Hall–Kier alpha value is -2.20. The molecule has 0 aliphatic carbocycles. The average Bonchev–Trinajstić information content (AvgIpc) is 2.76. The predicted molar refractivity (Wildman–Crippen MR) is 80.3 cm³/mol. The molecule has 1 unspecified atom stereocenters. The molecule has 0 saturated carbocycles. The van der Waals surface area contributed by atoms with Gasteiger partial charge in [0, 0.05) is 30.7 Å². The number of hydrogen-bond acceptors (Lipinski definition) is 3. The van der Waals surface area contributed by atoms with Crippen LogP contribution in [0.1, 0.15) is 23.1 Å². The van der Waals surface area contributed by atoms with Crippen LogP contribution in [0.25, 0.3) is 10.8 Å². The zero-order valence-electron chi connectivity index (χ0n) is 11.7. The highest BCUT2D eigenvalue weighted by Crippen LogP contribution is 2.23. The highest BCUT2D eigenvalue weighted by molar-refractivity contribution is 5.84. The van der Waals surface area contributed by atoms with Gasteiger partial charge in [-0.2, -0.15) is 5.10 Å². The fourth-order valence-corrected chi connectivity index (χ4v) is 2.62. The Morgan fingerprint density at radius 3 is 2.80 bits per heavy atom. The normalized spacial score (nSPS) is 12.8. The van der Waals surface area contributed by atoms with E-state index >= 15 is 0 Å². The van der Waals surface area contributed by atoms with Crippen molar-refractivity contribution in [1.82, 2.24) is 14.8 Å². The number of pyridine rings is 1. The maximum Gasteiger partial charge on any atom is 0.0653 e. The van der Waals surface area contributed by atoms with Crippen LogP contribution in [0, 0.1) is 6.92 Å². The van der Waals surface area contributed by atoms with E-state index in [1.807, 2.05) is 43.0 Å². The van der Waals surface area contributed by atoms with Crippen LogP contribution in [0.3, 0.4) is 0 Å². The minimum atomic E-state index is -0.129. The SMILES string of the molecule is Cc1cc(CC(N)c2nccc3ccccc23)n(C)n1. The molecule has 0 aliphatic rings. The molecule has 3 rings (SSSR count). The molecule has 1 atom stereocenters. The molecule has 0 amide bonds. The first-order valence-corrected chi connectivity index (χ1v) is 6.74. The van der Waals surface area contributed by atoms with Crippen molar-refractivity contribution in [2.45, 2.75) is 19.4 Å². The second-order valence-corrected chi connectivity index (χ2v) is 5.13. The molecule has 1 aromatic carbocycles. The van der Waals surface area contributed by atoms with Crippen LogP contribution in [0.5, 0.6) is 0 Å². The van der Waals surface area contributed by atoms with Crippen molar-refractivity contribution in [2.24, 2.45) is 12.8 Å². The van der Waals surface area contributed by atoms with Gasteiger partial charge in [-0.3, -0.25) is 9.67 Å². The van der Waals surface area contributed by atoms with Crippen molar-refractivity contribution in [3.05, 3.63) is 59.7 Å². The maximum atomic E-state index is 6.37. The number of hydrogen-bond donors (Lipinski definition) is 1. The number of benzene rings is 1. The highest BCUT2D eigenvalue weighted by Gasteiger charge is 2.14. The molecule has 0 spiro atoms. The zero-order valence-corrected chi connectivity index (χ0v) is 11.7. The van der Waals surface area contributed by atoms with Crippen molar-refractivity contribution in [3.8, 4) is 0 Å². The first-order chi connectivity index (χ1) is 9.65. The molecule has 20 heavy (non-hydrogen) atoms. The Balaban J connectivity index is 1.96. The minimum absolute atomic E-state index is 0.129. The van der Waals surface area contributed by atoms with E-state index in [9.17, 15) is 0 Å². The van der Waals surface area contributed by atoms with Gasteiger partial charge < -0.3 is 5.73 Å². The van der Waals surface area contributed by atoms with Gasteiger partial charge in [0.15, 0.2) is 0 Å². The predicted octanol–water partition coefficient (Wildman–Crippen LogP) is 2.52. The van der Waals surface area contributed by atoms with Crippen molar-refractivity contribution in [2.75, 3.05) is 0 Å². The van der Waals surface area contributed by atoms with E-state index in [2.05, 4.69) is 28.3 Å². The van der Waals surface area contributed by atoms with Crippen LogP contribution in [0.15, 0.2) is 42.6 Å². The molecule has 3 aromatic rings. The molecular formula is C16H18N4. The number of fused-ring (bicyclic) bond motifs is 1. The topological polar surface area (TPSA) is 56.7 Å². The van der Waals surface area contributed by atoms with Gasteiger partial charge in [-0.25, -0.2) is 0 Å². The third-order valence-corrected chi connectivity index (χ3v) is 3.58. The van der Waals surface area contributed by atoms with Gasteiger partial charge in [0.25, 0.3) is 0 Å². The lowest BCUT2D eigenvalue weighted by molar-refractivity contribution is 0.632. The Bertz CT molecular complexity index is 740. The number of nitrogens with zero attached hydrogens (tertiary/aromatic N) is 3. The summed E-state index contributed by atoms with van der Waals surface area (Å²) >= 11 is 0. The summed E-state index contributed by atoms with van der Waals surface area (Å²) < 4.78 is 1.89. The van der Waals surface area contributed by atoms with Crippen molar-refractivity contribution >= 4 is 10.8 Å². The fraction of sp³-hybridized carbons (Fsp3) is 0.250. The quantitative estimate of drug-likeness (QED) is 0.792. The van der Waals surface area contributed by atoms with Crippen LogP contribution >= 0.6 is 0 Å². The lowest BCUT2D eigenvalue weighted by atomic mass is 10.0. The number of aryl methyl sites for hydroxylation is 2. The smallest absolute Gasteiger partial charge is 0.0653 e. The van der Waals surface area contributed by atoms with Crippen LogP contribution in [-0.4, -0.2) is 14.8 Å².